The predicted molar refractivity (Wildman–Crippen MR) is 151 cm³/mol. The molecule has 2 aliphatic rings. The minimum atomic E-state index is -1.27. The third kappa shape index (κ3) is 5.43. The molecule has 0 saturated carbocycles. The second kappa shape index (κ2) is 11.4. The number of aromatic nitrogens is 1. The van der Waals surface area contributed by atoms with Crippen molar-refractivity contribution in [3.63, 3.8) is 0 Å². The molecule has 0 radical (unpaired) electrons. The number of nitrogens with zero attached hydrogens (tertiary/aromatic N) is 1. The van der Waals surface area contributed by atoms with Crippen LogP contribution >= 0.6 is 34.5 Å². The molecule has 1 fully saturated rings. The van der Waals surface area contributed by atoms with Crippen LogP contribution in [0.1, 0.15) is 29.8 Å². The smallest absolute Gasteiger partial charge is 0.332 e. The van der Waals surface area contributed by atoms with Gasteiger partial charge in [0.05, 0.1) is 15.7 Å². The Balaban J connectivity index is 1.53. The van der Waals surface area contributed by atoms with E-state index >= 15 is 0 Å². The van der Waals surface area contributed by atoms with E-state index in [0.29, 0.717) is 52.0 Å². The third-order valence-electron chi connectivity index (χ3n) is 7.06. The Hall–Kier alpha value is -2.97. The maximum Gasteiger partial charge on any atom is 0.332 e. The summed E-state index contributed by atoms with van der Waals surface area (Å²) in [6.45, 7) is 1.86. The number of thiazole rings is 1. The van der Waals surface area contributed by atoms with E-state index in [-0.39, 0.29) is 17.9 Å². The summed E-state index contributed by atoms with van der Waals surface area (Å²) >= 11 is 13.6. The number of ether oxygens (including phenoxy) is 1. The summed E-state index contributed by atoms with van der Waals surface area (Å²) in [7, 11) is 0. The number of aliphatic carboxylic acids is 1. The summed E-state index contributed by atoms with van der Waals surface area (Å²) in [6.07, 6.45) is 5.28. The molecule has 6 nitrogen and oxygen atoms in total. The highest BCUT2D eigenvalue weighted by atomic mass is 35.5. The Morgan fingerprint density at radius 2 is 1.84 bits per heavy atom. The van der Waals surface area contributed by atoms with Crippen molar-refractivity contribution in [2.24, 2.45) is 5.92 Å². The number of halogens is 2. The summed E-state index contributed by atoms with van der Waals surface area (Å²) in [6, 6.07) is 14.6. The lowest BCUT2D eigenvalue weighted by Gasteiger charge is -2.32. The number of benzene rings is 2. The number of hydrogen-bond acceptors (Lipinski definition) is 5. The monoisotopic (exact) mass is 568 g/mol. The molecule has 3 aromatic rings. The first-order valence-corrected chi connectivity index (χ1v) is 14.0. The maximum atomic E-state index is 13.9. The molecule has 2 aromatic carbocycles. The number of carbonyl (C=O) groups excluding carboxylic acids is 1. The number of nitrogens with one attached hydrogen (secondary N) is 1. The van der Waals surface area contributed by atoms with E-state index < -0.39 is 11.4 Å². The zero-order chi connectivity index (χ0) is 26.7. The summed E-state index contributed by atoms with van der Waals surface area (Å²) < 4.78 is 5.45. The first kappa shape index (κ1) is 26.6. The largest absolute Gasteiger partial charge is 0.478 e. The van der Waals surface area contributed by atoms with Crippen molar-refractivity contribution >= 4 is 52.0 Å². The van der Waals surface area contributed by atoms with Gasteiger partial charge in [0.25, 0.3) is 0 Å². The van der Waals surface area contributed by atoms with E-state index in [4.69, 9.17) is 32.9 Å². The van der Waals surface area contributed by atoms with Gasteiger partial charge in [-0.1, -0.05) is 71.8 Å². The normalized spacial score (nSPS) is 19.9. The molecule has 2 N–H and O–H groups in total. The van der Waals surface area contributed by atoms with Crippen molar-refractivity contribution in [2.45, 2.75) is 24.7 Å². The topological polar surface area (TPSA) is 88.5 Å². The van der Waals surface area contributed by atoms with Crippen LogP contribution in [-0.4, -0.2) is 41.7 Å². The Labute approximate surface area is 235 Å². The van der Waals surface area contributed by atoms with Crippen molar-refractivity contribution in [1.82, 2.24) is 10.3 Å². The van der Waals surface area contributed by atoms with Gasteiger partial charge in [0.15, 0.2) is 0 Å². The fourth-order valence-electron chi connectivity index (χ4n) is 4.85. The van der Waals surface area contributed by atoms with Crippen molar-refractivity contribution in [1.29, 1.82) is 0 Å². The molecule has 1 amide bonds. The number of amides is 1. The van der Waals surface area contributed by atoms with Crippen LogP contribution in [0.5, 0.6) is 0 Å². The van der Waals surface area contributed by atoms with Crippen molar-refractivity contribution in [3.05, 3.63) is 92.3 Å². The first-order chi connectivity index (χ1) is 18.4. The van der Waals surface area contributed by atoms with Crippen molar-refractivity contribution < 1.29 is 19.4 Å². The number of allylic oxidation sites excluding steroid dienone is 2. The molecule has 1 saturated heterocycles. The van der Waals surface area contributed by atoms with Gasteiger partial charge in [-0.3, -0.25) is 4.79 Å². The zero-order valence-corrected chi connectivity index (χ0v) is 22.8. The van der Waals surface area contributed by atoms with E-state index in [1.807, 2.05) is 41.8 Å². The molecule has 1 aliphatic heterocycles. The van der Waals surface area contributed by atoms with Gasteiger partial charge in [-0.25, -0.2) is 9.78 Å². The van der Waals surface area contributed by atoms with E-state index in [1.165, 1.54) is 11.3 Å². The molecule has 1 aliphatic carbocycles. The van der Waals surface area contributed by atoms with Gasteiger partial charge in [-0.2, -0.15) is 0 Å². The second-order valence-electron chi connectivity index (χ2n) is 9.48. The highest BCUT2D eigenvalue weighted by Crippen LogP contribution is 2.43. The van der Waals surface area contributed by atoms with Crippen LogP contribution in [0.2, 0.25) is 10.0 Å². The minimum absolute atomic E-state index is 0.0169. The van der Waals surface area contributed by atoms with Gasteiger partial charge in [0.1, 0.15) is 10.4 Å². The fraction of sp³-hybridized carbons (Fsp3) is 0.276. The predicted octanol–water partition coefficient (Wildman–Crippen LogP) is 6.40. The average Bonchev–Trinajstić information content (AvgIpc) is 3.45. The lowest BCUT2D eigenvalue weighted by Crippen LogP contribution is -2.46. The van der Waals surface area contributed by atoms with E-state index in [2.05, 4.69) is 5.32 Å². The fourth-order valence-corrected chi connectivity index (χ4v) is 6.15. The van der Waals surface area contributed by atoms with Crippen LogP contribution in [0.3, 0.4) is 0 Å². The molecule has 0 bridgehead atoms. The van der Waals surface area contributed by atoms with E-state index in [9.17, 15) is 14.7 Å². The molecule has 5 rings (SSSR count). The van der Waals surface area contributed by atoms with Crippen LogP contribution in [-0.2, 0) is 19.7 Å². The Morgan fingerprint density at radius 1 is 1.08 bits per heavy atom. The standard InChI is InChI=1S/C29H26Cl2N2O4S/c30-23-7-6-20(14-24(23)31)25-17-38-28(33-25)29(27(36)32-16-18-9-12-37-13-10-18)11-8-21(22(15-29)26(34)35)19-4-2-1-3-5-19/h1-8,11,14,17-18H,9-10,12-13,15-16H2,(H,32,36)(H,34,35). The number of hydrogen-bond donors (Lipinski definition) is 2. The van der Waals surface area contributed by atoms with Crippen LogP contribution in [0.15, 0.2) is 71.6 Å². The summed E-state index contributed by atoms with van der Waals surface area (Å²) in [5, 5.41) is 16.5. The van der Waals surface area contributed by atoms with E-state index in [0.717, 1.165) is 24.0 Å². The number of rotatable bonds is 7. The molecule has 1 aromatic heterocycles. The molecule has 38 heavy (non-hydrogen) atoms. The number of carboxylic acid groups (broad SMARTS) is 1. The van der Waals surface area contributed by atoms with Gasteiger partial charge in [-0.15, -0.1) is 11.3 Å². The van der Waals surface area contributed by atoms with Gasteiger partial charge < -0.3 is 15.2 Å². The summed E-state index contributed by atoms with van der Waals surface area (Å²) in [5.41, 5.74) is 1.68. The van der Waals surface area contributed by atoms with Crippen LogP contribution < -0.4 is 5.32 Å². The Morgan fingerprint density at radius 3 is 2.55 bits per heavy atom. The van der Waals surface area contributed by atoms with Gasteiger partial charge in [0, 0.05) is 42.7 Å². The molecular weight excluding hydrogens is 543 g/mol. The highest BCUT2D eigenvalue weighted by Gasteiger charge is 2.45. The Bertz CT molecular complexity index is 1410. The second-order valence-corrected chi connectivity index (χ2v) is 11.1. The number of carbonyl (C=O) groups is 2. The van der Waals surface area contributed by atoms with Crippen LogP contribution in [0, 0.1) is 5.92 Å². The molecule has 9 heteroatoms. The lowest BCUT2D eigenvalue weighted by molar-refractivity contribution is -0.133. The van der Waals surface area contributed by atoms with Crippen LogP contribution in [0.25, 0.3) is 16.8 Å². The molecule has 1 unspecified atom stereocenters. The maximum absolute atomic E-state index is 13.9. The van der Waals surface area contributed by atoms with E-state index in [1.54, 1.807) is 24.3 Å². The first-order valence-electron chi connectivity index (χ1n) is 12.4. The van der Waals surface area contributed by atoms with Gasteiger partial charge in [-0.05, 0) is 42.0 Å². The summed E-state index contributed by atoms with van der Waals surface area (Å²) in [5.74, 6) is -1.01. The quantitative estimate of drug-likeness (QED) is 0.344. The molecule has 196 valence electrons. The summed E-state index contributed by atoms with van der Waals surface area (Å²) in [4.78, 5) is 31.3. The van der Waals surface area contributed by atoms with Gasteiger partial charge >= 0.3 is 5.97 Å². The minimum Gasteiger partial charge on any atom is -0.478 e. The highest BCUT2D eigenvalue weighted by molar-refractivity contribution is 7.10. The molecule has 2 heterocycles. The van der Waals surface area contributed by atoms with Crippen molar-refractivity contribution in [3.8, 4) is 11.3 Å². The van der Waals surface area contributed by atoms with Crippen molar-refractivity contribution in [2.75, 3.05) is 19.8 Å². The average molecular weight is 570 g/mol. The lowest BCUT2D eigenvalue weighted by atomic mass is 9.74. The third-order valence-corrected chi connectivity index (χ3v) is 8.82. The van der Waals surface area contributed by atoms with Gasteiger partial charge in [0.2, 0.25) is 5.91 Å². The SMILES string of the molecule is O=C(O)C1=C(c2ccccc2)C=CC(C(=O)NCC2CCOCC2)(c2nc(-c3ccc(Cl)c(Cl)c3)cs2)C1. The molecular formula is C29H26Cl2N2O4S. The number of carboxylic acids is 1. The molecule has 0 spiro atoms. The zero-order valence-electron chi connectivity index (χ0n) is 20.5. The van der Waals surface area contributed by atoms with Crippen LogP contribution in [0.4, 0.5) is 0 Å². The Kier molecular flexibility index (Phi) is 8.00. The molecule has 1 atom stereocenters.